The van der Waals surface area contributed by atoms with Crippen molar-refractivity contribution in [1.29, 1.82) is 0 Å². The molecule has 0 aliphatic heterocycles. The van der Waals surface area contributed by atoms with Crippen molar-refractivity contribution in [3.8, 4) is 0 Å². The summed E-state index contributed by atoms with van der Waals surface area (Å²) in [5.41, 5.74) is 1.28. The van der Waals surface area contributed by atoms with E-state index >= 15 is 0 Å². The van der Waals surface area contributed by atoms with Gasteiger partial charge in [0.2, 0.25) is 0 Å². The van der Waals surface area contributed by atoms with Crippen LogP contribution in [0.1, 0.15) is 11.3 Å². The molecule has 2 rings (SSSR count). The minimum absolute atomic E-state index is 0.858. The molecule has 1 aromatic carbocycles. The molecule has 0 unspecified atom stereocenters. The first-order valence-electron chi connectivity index (χ1n) is 5.38. The van der Waals surface area contributed by atoms with Crippen LogP contribution < -0.4 is 5.32 Å². The minimum atomic E-state index is 0.858. The van der Waals surface area contributed by atoms with Gasteiger partial charge in [0.05, 0.1) is 12.0 Å². The molecule has 0 radical (unpaired) electrons. The standard InChI is InChI=1S/C13H14BrNOS/c1-15-8-10-4-5-13(12(14)7-10)17-9-11-3-2-6-16-11/h2-7,15H,8-9H2,1H3. The molecular weight excluding hydrogens is 298 g/mol. The summed E-state index contributed by atoms with van der Waals surface area (Å²) in [5, 5.41) is 3.14. The van der Waals surface area contributed by atoms with E-state index in [1.165, 1.54) is 10.5 Å². The van der Waals surface area contributed by atoms with Crippen molar-refractivity contribution < 1.29 is 4.42 Å². The van der Waals surface area contributed by atoms with Gasteiger partial charge in [0.15, 0.2) is 0 Å². The number of furan rings is 1. The number of rotatable bonds is 5. The lowest BCUT2D eigenvalue weighted by Crippen LogP contribution is -2.04. The molecular formula is C13H14BrNOS. The van der Waals surface area contributed by atoms with Gasteiger partial charge < -0.3 is 9.73 Å². The second-order valence-electron chi connectivity index (χ2n) is 3.66. The highest BCUT2D eigenvalue weighted by Crippen LogP contribution is 2.30. The van der Waals surface area contributed by atoms with E-state index in [1.54, 1.807) is 18.0 Å². The zero-order valence-electron chi connectivity index (χ0n) is 9.57. The fraction of sp³-hybridized carbons (Fsp3) is 0.231. The fourth-order valence-electron chi connectivity index (χ4n) is 1.52. The molecule has 1 aromatic heterocycles. The van der Waals surface area contributed by atoms with Gasteiger partial charge in [-0.2, -0.15) is 0 Å². The highest BCUT2D eigenvalue weighted by atomic mass is 79.9. The van der Waals surface area contributed by atoms with Crippen molar-refractivity contribution in [2.75, 3.05) is 7.05 Å². The second kappa shape index (κ2) is 6.28. The summed E-state index contributed by atoms with van der Waals surface area (Å²) >= 11 is 5.37. The van der Waals surface area contributed by atoms with Gasteiger partial charge in [-0.15, -0.1) is 11.8 Å². The van der Waals surface area contributed by atoms with Crippen molar-refractivity contribution in [3.63, 3.8) is 0 Å². The lowest BCUT2D eigenvalue weighted by atomic mass is 10.2. The Morgan fingerprint density at radius 3 is 2.88 bits per heavy atom. The monoisotopic (exact) mass is 311 g/mol. The van der Waals surface area contributed by atoms with Crippen LogP contribution in [0.5, 0.6) is 0 Å². The Kier molecular flexibility index (Phi) is 4.71. The van der Waals surface area contributed by atoms with E-state index in [9.17, 15) is 0 Å². The maximum Gasteiger partial charge on any atom is 0.113 e. The molecule has 0 saturated heterocycles. The average Bonchev–Trinajstić information content (AvgIpc) is 2.81. The van der Waals surface area contributed by atoms with E-state index in [2.05, 4.69) is 39.4 Å². The van der Waals surface area contributed by atoms with Crippen LogP contribution in [0.25, 0.3) is 0 Å². The van der Waals surface area contributed by atoms with Gasteiger partial charge in [0.25, 0.3) is 0 Å². The van der Waals surface area contributed by atoms with Crippen molar-refractivity contribution in [1.82, 2.24) is 5.32 Å². The summed E-state index contributed by atoms with van der Waals surface area (Å²) in [6.07, 6.45) is 1.71. The number of halogens is 1. The first-order chi connectivity index (χ1) is 8.29. The summed E-state index contributed by atoms with van der Waals surface area (Å²) < 4.78 is 6.45. The van der Waals surface area contributed by atoms with E-state index in [1.807, 2.05) is 19.2 Å². The lowest BCUT2D eigenvalue weighted by molar-refractivity contribution is 0.530. The topological polar surface area (TPSA) is 25.2 Å². The highest BCUT2D eigenvalue weighted by molar-refractivity contribution is 9.10. The number of hydrogen-bond donors (Lipinski definition) is 1. The first-order valence-corrected chi connectivity index (χ1v) is 7.15. The highest BCUT2D eigenvalue weighted by Gasteiger charge is 2.04. The van der Waals surface area contributed by atoms with Gasteiger partial charge in [-0.25, -0.2) is 0 Å². The van der Waals surface area contributed by atoms with Crippen LogP contribution in [-0.2, 0) is 12.3 Å². The Morgan fingerprint density at radius 1 is 1.35 bits per heavy atom. The smallest absolute Gasteiger partial charge is 0.113 e. The normalized spacial score (nSPS) is 10.7. The van der Waals surface area contributed by atoms with E-state index in [-0.39, 0.29) is 0 Å². The molecule has 2 nitrogen and oxygen atoms in total. The van der Waals surface area contributed by atoms with Gasteiger partial charge in [-0.05, 0) is 52.8 Å². The van der Waals surface area contributed by atoms with Crippen molar-refractivity contribution in [3.05, 3.63) is 52.4 Å². The molecule has 1 N–H and O–H groups in total. The largest absolute Gasteiger partial charge is 0.468 e. The molecule has 17 heavy (non-hydrogen) atoms. The number of thioether (sulfide) groups is 1. The molecule has 4 heteroatoms. The maximum absolute atomic E-state index is 5.31. The number of hydrogen-bond acceptors (Lipinski definition) is 3. The first kappa shape index (κ1) is 12.7. The third kappa shape index (κ3) is 3.63. The zero-order valence-corrected chi connectivity index (χ0v) is 12.0. The zero-order chi connectivity index (χ0) is 12.1. The van der Waals surface area contributed by atoms with Crippen LogP contribution in [0.2, 0.25) is 0 Å². The summed E-state index contributed by atoms with van der Waals surface area (Å²) in [6.45, 7) is 0.891. The number of benzene rings is 1. The summed E-state index contributed by atoms with van der Waals surface area (Å²) in [5.74, 6) is 1.86. The van der Waals surface area contributed by atoms with Gasteiger partial charge in [0, 0.05) is 15.9 Å². The molecule has 90 valence electrons. The predicted octanol–water partition coefficient (Wildman–Crippen LogP) is 4.05. The molecule has 0 aliphatic carbocycles. The predicted molar refractivity (Wildman–Crippen MR) is 75.2 cm³/mol. The minimum Gasteiger partial charge on any atom is -0.468 e. The third-order valence-electron chi connectivity index (χ3n) is 2.33. The Bertz CT molecular complexity index is 470. The van der Waals surface area contributed by atoms with E-state index in [0.29, 0.717) is 0 Å². The van der Waals surface area contributed by atoms with Gasteiger partial charge in [-0.3, -0.25) is 0 Å². The van der Waals surface area contributed by atoms with E-state index in [0.717, 1.165) is 22.5 Å². The Labute approximate surface area is 114 Å². The van der Waals surface area contributed by atoms with Crippen molar-refractivity contribution >= 4 is 27.7 Å². The maximum atomic E-state index is 5.31. The van der Waals surface area contributed by atoms with Gasteiger partial charge in [0.1, 0.15) is 5.76 Å². The van der Waals surface area contributed by atoms with Crippen LogP contribution in [0.15, 0.2) is 50.4 Å². The van der Waals surface area contributed by atoms with Gasteiger partial charge in [-0.1, -0.05) is 6.07 Å². The van der Waals surface area contributed by atoms with Gasteiger partial charge >= 0.3 is 0 Å². The second-order valence-corrected chi connectivity index (χ2v) is 5.53. The molecule has 0 spiro atoms. The molecule has 0 atom stereocenters. The quantitative estimate of drug-likeness (QED) is 0.843. The fourth-order valence-corrected chi connectivity index (χ4v) is 3.11. The molecule has 0 aliphatic rings. The molecule has 0 fully saturated rings. The van der Waals surface area contributed by atoms with E-state index in [4.69, 9.17) is 4.42 Å². The third-order valence-corrected chi connectivity index (χ3v) is 4.34. The number of nitrogens with one attached hydrogen (secondary N) is 1. The molecule has 1 heterocycles. The summed E-state index contributed by atoms with van der Waals surface area (Å²) in [4.78, 5) is 1.24. The molecule has 0 saturated carbocycles. The SMILES string of the molecule is CNCc1ccc(SCc2ccco2)c(Br)c1. The van der Waals surface area contributed by atoms with Crippen LogP contribution in [0.4, 0.5) is 0 Å². The van der Waals surface area contributed by atoms with E-state index < -0.39 is 0 Å². The van der Waals surface area contributed by atoms with Crippen molar-refractivity contribution in [2.45, 2.75) is 17.2 Å². The summed E-state index contributed by atoms with van der Waals surface area (Å²) in [7, 11) is 1.95. The van der Waals surface area contributed by atoms with Crippen LogP contribution in [-0.4, -0.2) is 7.05 Å². The van der Waals surface area contributed by atoms with Crippen LogP contribution in [0.3, 0.4) is 0 Å². The Hall–Kier alpha value is -0.710. The summed E-state index contributed by atoms with van der Waals surface area (Å²) in [6, 6.07) is 10.4. The van der Waals surface area contributed by atoms with Crippen LogP contribution in [0, 0.1) is 0 Å². The average molecular weight is 312 g/mol. The molecule has 2 aromatic rings. The molecule has 0 bridgehead atoms. The molecule has 0 amide bonds. The Morgan fingerprint density at radius 2 is 2.24 bits per heavy atom. The van der Waals surface area contributed by atoms with Crippen molar-refractivity contribution in [2.24, 2.45) is 0 Å². The lowest BCUT2D eigenvalue weighted by Gasteiger charge is -2.06. The Balaban J connectivity index is 2.01. The van der Waals surface area contributed by atoms with Crippen LogP contribution >= 0.6 is 27.7 Å².